The molecule has 0 bridgehead atoms. The summed E-state index contributed by atoms with van der Waals surface area (Å²) < 4.78 is 6.13. The topological polar surface area (TPSA) is 93.2 Å². The summed E-state index contributed by atoms with van der Waals surface area (Å²) in [7, 11) is 1.60. The van der Waals surface area contributed by atoms with Crippen molar-refractivity contribution in [3.8, 4) is 16.3 Å². The fourth-order valence-corrected chi connectivity index (χ4v) is 4.25. The number of rotatable bonds is 8. The molecule has 4 aromatic rings. The number of benzene rings is 3. The number of hydrogen-bond donors (Lipinski definition) is 2. The van der Waals surface area contributed by atoms with Gasteiger partial charge in [-0.1, -0.05) is 69.7 Å². The first kappa shape index (κ1) is 23.6. The van der Waals surface area contributed by atoms with E-state index in [0.29, 0.717) is 27.9 Å². The molecule has 0 aliphatic heterocycles. The molecule has 172 valence electrons. The Hall–Kier alpha value is -3.56. The number of carbonyl (C=O) groups is 2. The molecule has 1 heterocycles. The first-order chi connectivity index (χ1) is 16.5. The summed E-state index contributed by atoms with van der Waals surface area (Å²) in [5, 5.41) is 14.9. The quantitative estimate of drug-likeness (QED) is 0.332. The summed E-state index contributed by atoms with van der Waals surface area (Å²) in [4.78, 5) is 26.0. The van der Waals surface area contributed by atoms with Crippen LogP contribution >= 0.6 is 27.3 Å². The number of carbonyl (C=O) groups excluding carboxylic acids is 2. The fourth-order valence-electron chi connectivity index (χ4n) is 3.24. The molecule has 1 unspecified atom stereocenters. The number of aromatic nitrogens is 2. The number of halogens is 1. The standard InChI is InChI=1S/C25H21BrN4O3S/c1-33-20-9-5-8-18(15-20)24-29-30-25(34-24)28-23(32)21(14-16-6-3-2-4-7-16)27-22(31)17-10-12-19(26)13-11-17/h2-13,15,21H,14H2,1H3,(H,27,31)(H,28,30,32). The van der Waals surface area contributed by atoms with Gasteiger partial charge in [0.1, 0.15) is 16.8 Å². The van der Waals surface area contributed by atoms with E-state index in [9.17, 15) is 9.59 Å². The van der Waals surface area contributed by atoms with Crippen LogP contribution in [0.2, 0.25) is 0 Å². The molecular formula is C25H21BrN4O3S. The Morgan fingerprint density at radius 1 is 1.00 bits per heavy atom. The maximum absolute atomic E-state index is 13.2. The van der Waals surface area contributed by atoms with Crippen LogP contribution in [-0.2, 0) is 11.2 Å². The van der Waals surface area contributed by atoms with Crippen LogP contribution in [0.1, 0.15) is 15.9 Å². The van der Waals surface area contributed by atoms with Crippen LogP contribution in [0.3, 0.4) is 0 Å². The van der Waals surface area contributed by atoms with Crippen molar-refractivity contribution in [3.05, 3.63) is 94.5 Å². The molecule has 9 heteroatoms. The van der Waals surface area contributed by atoms with E-state index >= 15 is 0 Å². The molecule has 4 rings (SSSR count). The van der Waals surface area contributed by atoms with Crippen molar-refractivity contribution < 1.29 is 14.3 Å². The minimum atomic E-state index is -0.803. The van der Waals surface area contributed by atoms with E-state index in [1.165, 1.54) is 11.3 Å². The average molecular weight is 537 g/mol. The molecule has 3 aromatic carbocycles. The number of anilines is 1. The van der Waals surface area contributed by atoms with Crippen LogP contribution in [0.15, 0.2) is 83.3 Å². The third-order valence-corrected chi connectivity index (χ3v) is 6.40. The van der Waals surface area contributed by atoms with E-state index in [4.69, 9.17) is 4.74 Å². The number of hydrogen-bond acceptors (Lipinski definition) is 6. The van der Waals surface area contributed by atoms with E-state index in [0.717, 1.165) is 15.6 Å². The number of nitrogens with zero attached hydrogens (tertiary/aromatic N) is 2. The summed E-state index contributed by atoms with van der Waals surface area (Å²) in [6.45, 7) is 0. The second-order valence-electron chi connectivity index (χ2n) is 7.36. The minimum Gasteiger partial charge on any atom is -0.497 e. The minimum absolute atomic E-state index is 0.330. The van der Waals surface area contributed by atoms with E-state index in [2.05, 4.69) is 36.8 Å². The predicted molar refractivity (Wildman–Crippen MR) is 136 cm³/mol. The third kappa shape index (κ3) is 6.06. The fraction of sp³-hybridized carbons (Fsp3) is 0.120. The average Bonchev–Trinajstić information content (AvgIpc) is 3.33. The zero-order valence-electron chi connectivity index (χ0n) is 18.2. The van der Waals surface area contributed by atoms with Crippen molar-refractivity contribution >= 4 is 44.2 Å². The lowest BCUT2D eigenvalue weighted by molar-refractivity contribution is -0.118. The summed E-state index contributed by atoms with van der Waals surface area (Å²) >= 11 is 4.61. The molecule has 2 N–H and O–H groups in total. The lowest BCUT2D eigenvalue weighted by atomic mass is 10.0. The number of amides is 2. The Bertz CT molecular complexity index is 1280. The molecule has 7 nitrogen and oxygen atoms in total. The molecule has 2 amide bonds. The highest BCUT2D eigenvalue weighted by atomic mass is 79.9. The Balaban J connectivity index is 1.51. The van der Waals surface area contributed by atoms with Crippen LogP contribution in [0.4, 0.5) is 5.13 Å². The molecule has 0 radical (unpaired) electrons. The van der Waals surface area contributed by atoms with Crippen molar-refractivity contribution in [3.63, 3.8) is 0 Å². The first-order valence-corrected chi connectivity index (χ1v) is 12.0. The van der Waals surface area contributed by atoms with Gasteiger partial charge >= 0.3 is 0 Å². The van der Waals surface area contributed by atoms with Gasteiger partial charge in [-0.05, 0) is 42.0 Å². The van der Waals surface area contributed by atoms with E-state index in [1.807, 2.05) is 54.6 Å². The van der Waals surface area contributed by atoms with Gasteiger partial charge in [-0.15, -0.1) is 10.2 Å². The molecule has 0 fully saturated rings. The van der Waals surface area contributed by atoms with Gasteiger partial charge < -0.3 is 10.1 Å². The summed E-state index contributed by atoms with van der Waals surface area (Å²) in [5.74, 6) is -0.00237. The summed E-state index contributed by atoms with van der Waals surface area (Å²) in [6.07, 6.45) is 0.330. The van der Waals surface area contributed by atoms with Crippen LogP contribution < -0.4 is 15.4 Å². The molecule has 0 aliphatic rings. The van der Waals surface area contributed by atoms with Crippen LogP contribution in [0, 0.1) is 0 Å². The van der Waals surface area contributed by atoms with E-state index < -0.39 is 6.04 Å². The maximum atomic E-state index is 13.2. The van der Waals surface area contributed by atoms with Gasteiger partial charge in [-0.25, -0.2) is 0 Å². The van der Waals surface area contributed by atoms with Crippen LogP contribution in [0.5, 0.6) is 5.75 Å². The number of methoxy groups -OCH3 is 1. The lowest BCUT2D eigenvalue weighted by Crippen LogP contribution is -2.45. The van der Waals surface area contributed by atoms with Crippen molar-refractivity contribution in [2.45, 2.75) is 12.5 Å². The Kier molecular flexibility index (Phi) is 7.66. The van der Waals surface area contributed by atoms with Gasteiger partial charge in [0.25, 0.3) is 5.91 Å². The zero-order valence-corrected chi connectivity index (χ0v) is 20.6. The number of ether oxygens (including phenoxy) is 1. The number of nitrogens with one attached hydrogen (secondary N) is 2. The van der Waals surface area contributed by atoms with E-state index in [-0.39, 0.29) is 11.8 Å². The molecule has 1 atom stereocenters. The monoisotopic (exact) mass is 536 g/mol. The maximum Gasteiger partial charge on any atom is 0.251 e. The highest BCUT2D eigenvalue weighted by Crippen LogP contribution is 2.28. The SMILES string of the molecule is COc1cccc(-c2nnc(NC(=O)C(Cc3ccccc3)NC(=O)c3ccc(Br)cc3)s2)c1. The lowest BCUT2D eigenvalue weighted by Gasteiger charge is -2.18. The van der Waals surface area contributed by atoms with Crippen molar-refractivity contribution in [2.24, 2.45) is 0 Å². The highest BCUT2D eigenvalue weighted by molar-refractivity contribution is 9.10. The van der Waals surface area contributed by atoms with Gasteiger partial charge in [0.15, 0.2) is 0 Å². The Labute approximate surface area is 209 Å². The van der Waals surface area contributed by atoms with Gasteiger partial charge in [-0.3, -0.25) is 14.9 Å². The molecule has 0 saturated heterocycles. The molecule has 34 heavy (non-hydrogen) atoms. The Morgan fingerprint density at radius 3 is 2.50 bits per heavy atom. The molecule has 0 saturated carbocycles. The normalized spacial score (nSPS) is 11.5. The Morgan fingerprint density at radius 2 is 1.76 bits per heavy atom. The van der Waals surface area contributed by atoms with Gasteiger partial charge in [0.05, 0.1) is 7.11 Å². The smallest absolute Gasteiger partial charge is 0.251 e. The van der Waals surface area contributed by atoms with E-state index in [1.54, 1.807) is 31.4 Å². The van der Waals surface area contributed by atoms with Crippen molar-refractivity contribution in [1.29, 1.82) is 0 Å². The molecular weight excluding hydrogens is 516 g/mol. The second kappa shape index (κ2) is 11.0. The highest BCUT2D eigenvalue weighted by Gasteiger charge is 2.23. The van der Waals surface area contributed by atoms with Gasteiger partial charge in [0.2, 0.25) is 11.0 Å². The van der Waals surface area contributed by atoms with Crippen LogP contribution in [-0.4, -0.2) is 35.2 Å². The van der Waals surface area contributed by atoms with Crippen LogP contribution in [0.25, 0.3) is 10.6 Å². The van der Waals surface area contributed by atoms with Crippen molar-refractivity contribution in [2.75, 3.05) is 12.4 Å². The van der Waals surface area contributed by atoms with Gasteiger partial charge in [-0.2, -0.15) is 0 Å². The first-order valence-electron chi connectivity index (χ1n) is 10.4. The van der Waals surface area contributed by atoms with Gasteiger partial charge in [0, 0.05) is 22.0 Å². The predicted octanol–water partition coefficient (Wildman–Crippen LogP) is 4.96. The largest absolute Gasteiger partial charge is 0.497 e. The molecule has 0 spiro atoms. The summed E-state index contributed by atoms with van der Waals surface area (Å²) in [6, 6.07) is 23.1. The zero-order chi connectivity index (χ0) is 23.9. The summed E-state index contributed by atoms with van der Waals surface area (Å²) in [5.41, 5.74) is 2.22. The molecule has 0 aliphatic carbocycles. The molecule has 1 aromatic heterocycles. The third-order valence-electron chi connectivity index (χ3n) is 4.98. The van der Waals surface area contributed by atoms with Crippen molar-refractivity contribution in [1.82, 2.24) is 15.5 Å². The second-order valence-corrected chi connectivity index (χ2v) is 9.25.